The summed E-state index contributed by atoms with van der Waals surface area (Å²) < 4.78 is 40.5. The van der Waals surface area contributed by atoms with Crippen molar-refractivity contribution >= 4 is 0 Å². The number of nitrogens with zero attached hydrogens (tertiary/aromatic N) is 4. The molecular weight excluding hydrogens is 369 g/mol. The highest BCUT2D eigenvalue weighted by molar-refractivity contribution is 5.41. The zero-order valence-corrected chi connectivity index (χ0v) is 15.2. The molecule has 0 amide bonds. The molecule has 0 saturated carbocycles. The van der Waals surface area contributed by atoms with E-state index in [0.29, 0.717) is 24.2 Å². The molecule has 1 aromatic carbocycles. The van der Waals surface area contributed by atoms with E-state index in [9.17, 15) is 18.3 Å². The van der Waals surface area contributed by atoms with Crippen molar-refractivity contribution in [2.75, 3.05) is 6.54 Å². The minimum absolute atomic E-state index is 0.0335. The van der Waals surface area contributed by atoms with E-state index < -0.39 is 11.7 Å². The molecule has 3 aromatic rings. The van der Waals surface area contributed by atoms with E-state index in [-0.39, 0.29) is 17.4 Å². The van der Waals surface area contributed by atoms with Crippen molar-refractivity contribution in [3.8, 4) is 11.7 Å². The molecule has 1 aliphatic heterocycles. The number of alkyl halides is 3. The minimum atomic E-state index is -4.49. The lowest BCUT2D eigenvalue weighted by Gasteiger charge is -2.25. The second-order valence-corrected chi connectivity index (χ2v) is 6.96. The van der Waals surface area contributed by atoms with Gasteiger partial charge in [-0.15, -0.1) is 0 Å². The molecule has 0 saturated heterocycles. The molecule has 0 radical (unpaired) electrons. The Bertz CT molecular complexity index is 999. The summed E-state index contributed by atoms with van der Waals surface area (Å²) in [6.07, 6.45) is -3.91. The molecule has 3 heterocycles. The molecule has 2 aromatic heterocycles. The third-order valence-corrected chi connectivity index (χ3v) is 4.82. The Balaban J connectivity index is 1.64. The first kappa shape index (κ1) is 18.5. The molecule has 0 unspecified atom stereocenters. The van der Waals surface area contributed by atoms with Crippen LogP contribution in [0, 0.1) is 6.92 Å². The molecule has 28 heavy (non-hydrogen) atoms. The van der Waals surface area contributed by atoms with Crippen LogP contribution in [0.25, 0.3) is 5.82 Å². The topological polar surface area (TPSA) is 54.2 Å². The number of hydrogen-bond donors (Lipinski definition) is 1. The van der Waals surface area contributed by atoms with Gasteiger partial charge in [-0.05, 0) is 31.0 Å². The van der Waals surface area contributed by atoms with Crippen molar-refractivity contribution < 1.29 is 18.3 Å². The number of pyridine rings is 1. The number of aromatic hydroxyl groups is 1. The van der Waals surface area contributed by atoms with Crippen LogP contribution in [0.15, 0.2) is 42.5 Å². The Labute approximate surface area is 160 Å². The summed E-state index contributed by atoms with van der Waals surface area (Å²) in [7, 11) is 0. The lowest BCUT2D eigenvalue weighted by atomic mass is 10.1. The molecule has 0 fully saturated rings. The van der Waals surface area contributed by atoms with Crippen LogP contribution in [-0.2, 0) is 25.7 Å². The molecule has 1 aliphatic rings. The maximum Gasteiger partial charge on any atom is 0.416 e. The Morgan fingerprint density at radius 3 is 2.61 bits per heavy atom. The summed E-state index contributed by atoms with van der Waals surface area (Å²) in [5.41, 5.74) is 1.90. The SMILES string of the molecule is Cc1cc(C(F)(F)F)cc(-n2nc3c(c2O)CCN(Cc2ccccc2)C3)n1. The Morgan fingerprint density at radius 1 is 1.14 bits per heavy atom. The highest BCUT2D eigenvalue weighted by Crippen LogP contribution is 2.33. The molecule has 0 bridgehead atoms. The number of hydrogen-bond acceptors (Lipinski definition) is 4. The molecular formula is C20H19F3N4O. The fourth-order valence-corrected chi connectivity index (χ4v) is 3.49. The molecule has 0 spiro atoms. The largest absolute Gasteiger partial charge is 0.493 e. The number of aryl methyl sites for hydroxylation is 1. The van der Waals surface area contributed by atoms with Gasteiger partial charge in [0.2, 0.25) is 5.88 Å². The predicted octanol–water partition coefficient (Wildman–Crippen LogP) is 3.86. The monoisotopic (exact) mass is 388 g/mol. The van der Waals surface area contributed by atoms with Gasteiger partial charge >= 0.3 is 6.18 Å². The van der Waals surface area contributed by atoms with Gasteiger partial charge in [0.05, 0.1) is 11.3 Å². The summed E-state index contributed by atoms with van der Waals surface area (Å²) in [6.45, 7) is 3.48. The minimum Gasteiger partial charge on any atom is -0.493 e. The molecule has 5 nitrogen and oxygen atoms in total. The average molecular weight is 388 g/mol. The van der Waals surface area contributed by atoms with E-state index in [4.69, 9.17) is 0 Å². The first-order chi connectivity index (χ1) is 13.3. The normalized spacial score (nSPS) is 14.9. The summed E-state index contributed by atoms with van der Waals surface area (Å²) >= 11 is 0. The highest BCUT2D eigenvalue weighted by Gasteiger charge is 2.32. The number of rotatable bonds is 3. The van der Waals surface area contributed by atoms with E-state index in [2.05, 4.69) is 15.0 Å². The van der Waals surface area contributed by atoms with E-state index in [1.807, 2.05) is 30.3 Å². The van der Waals surface area contributed by atoms with Crippen LogP contribution < -0.4 is 0 Å². The van der Waals surface area contributed by atoms with E-state index >= 15 is 0 Å². The van der Waals surface area contributed by atoms with Crippen molar-refractivity contribution in [1.82, 2.24) is 19.7 Å². The average Bonchev–Trinajstić information content (AvgIpc) is 2.97. The number of halogens is 3. The fourth-order valence-electron chi connectivity index (χ4n) is 3.49. The molecule has 146 valence electrons. The van der Waals surface area contributed by atoms with Gasteiger partial charge in [-0.25, -0.2) is 4.98 Å². The van der Waals surface area contributed by atoms with Crippen LogP contribution in [0.5, 0.6) is 5.88 Å². The molecule has 8 heteroatoms. The summed E-state index contributed by atoms with van der Waals surface area (Å²) in [5.74, 6) is -0.172. The second-order valence-electron chi connectivity index (χ2n) is 6.96. The van der Waals surface area contributed by atoms with E-state index in [1.165, 1.54) is 12.5 Å². The number of benzene rings is 1. The lowest BCUT2D eigenvalue weighted by molar-refractivity contribution is -0.137. The third-order valence-electron chi connectivity index (χ3n) is 4.82. The standard InChI is InChI=1S/C20H19F3N4O/c1-13-9-15(20(21,22)23)10-18(24-13)27-19(28)16-7-8-26(12-17(16)25-27)11-14-5-3-2-4-6-14/h2-6,9-10,28H,7-8,11-12H2,1H3. The summed E-state index contributed by atoms with van der Waals surface area (Å²) in [5, 5.41) is 14.9. The van der Waals surface area contributed by atoms with Gasteiger partial charge in [0.15, 0.2) is 5.82 Å². The zero-order valence-electron chi connectivity index (χ0n) is 15.2. The van der Waals surface area contributed by atoms with Gasteiger partial charge in [-0.2, -0.15) is 23.0 Å². The van der Waals surface area contributed by atoms with Crippen LogP contribution in [-0.4, -0.2) is 31.3 Å². The van der Waals surface area contributed by atoms with Crippen molar-refractivity contribution in [3.63, 3.8) is 0 Å². The predicted molar refractivity (Wildman–Crippen MR) is 97.0 cm³/mol. The van der Waals surface area contributed by atoms with E-state index in [0.717, 1.165) is 29.9 Å². The van der Waals surface area contributed by atoms with Gasteiger partial charge < -0.3 is 5.11 Å². The van der Waals surface area contributed by atoms with Crippen LogP contribution in [0.2, 0.25) is 0 Å². The smallest absolute Gasteiger partial charge is 0.416 e. The quantitative estimate of drug-likeness (QED) is 0.740. The summed E-state index contributed by atoms with van der Waals surface area (Å²) in [4.78, 5) is 6.33. The van der Waals surface area contributed by atoms with Crippen molar-refractivity contribution in [2.45, 2.75) is 32.6 Å². The molecule has 1 N–H and O–H groups in total. The fraction of sp³-hybridized carbons (Fsp3) is 0.300. The van der Waals surface area contributed by atoms with Gasteiger partial charge in [0.1, 0.15) is 0 Å². The number of fused-ring (bicyclic) bond motifs is 1. The van der Waals surface area contributed by atoms with Crippen molar-refractivity contribution in [2.24, 2.45) is 0 Å². The zero-order chi connectivity index (χ0) is 19.9. The molecule has 4 rings (SSSR count). The van der Waals surface area contributed by atoms with Gasteiger partial charge in [-0.1, -0.05) is 30.3 Å². The van der Waals surface area contributed by atoms with Crippen LogP contribution in [0.1, 0.15) is 28.1 Å². The maximum absolute atomic E-state index is 13.1. The number of aromatic nitrogens is 3. The van der Waals surface area contributed by atoms with Crippen LogP contribution in [0.3, 0.4) is 0 Å². The van der Waals surface area contributed by atoms with E-state index in [1.54, 1.807) is 0 Å². The summed E-state index contributed by atoms with van der Waals surface area (Å²) in [6, 6.07) is 11.9. The maximum atomic E-state index is 13.1. The van der Waals surface area contributed by atoms with Crippen molar-refractivity contribution in [3.05, 3.63) is 70.5 Å². The van der Waals surface area contributed by atoms with Crippen molar-refractivity contribution in [1.29, 1.82) is 0 Å². The first-order valence-electron chi connectivity index (χ1n) is 8.93. The van der Waals surface area contributed by atoms with Gasteiger partial charge in [0, 0.05) is 30.9 Å². The lowest BCUT2D eigenvalue weighted by Crippen LogP contribution is -2.29. The van der Waals surface area contributed by atoms with Crippen LogP contribution in [0.4, 0.5) is 13.2 Å². The van der Waals surface area contributed by atoms with Crippen LogP contribution >= 0.6 is 0 Å². The highest BCUT2D eigenvalue weighted by atomic mass is 19.4. The van der Waals surface area contributed by atoms with Gasteiger partial charge in [-0.3, -0.25) is 4.90 Å². The third kappa shape index (κ3) is 3.60. The Hall–Kier alpha value is -2.87. The Kier molecular flexibility index (Phi) is 4.58. The second kappa shape index (κ2) is 6.94. The molecule has 0 aliphatic carbocycles. The molecule has 0 atom stereocenters. The first-order valence-corrected chi connectivity index (χ1v) is 8.93. The van der Waals surface area contributed by atoms with Gasteiger partial charge in [0.25, 0.3) is 0 Å². The Morgan fingerprint density at radius 2 is 1.89 bits per heavy atom.